The monoisotopic (exact) mass is 228 g/mol. The largest absolute Gasteiger partial charge is 0.480 e. The molecular weight excluding hydrogens is 219 g/mol. The lowest BCUT2D eigenvalue weighted by Crippen LogP contribution is -1.92. The van der Waals surface area contributed by atoms with Crippen LogP contribution in [0.1, 0.15) is 13.3 Å². The third kappa shape index (κ3) is 18.3. The predicted octanol–water partition coefficient (Wildman–Crippen LogP) is 1.91. The Hall–Kier alpha value is -0.740. The van der Waals surface area contributed by atoms with Crippen LogP contribution in [0.2, 0.25) is 0 Å². The van der Waals surface area contributed by atoms with Crippen molar-refractivity contribution in [3.05, 3.63) is 11.1 Å². The first kappa shape index (κ1) is 14.8. The third-order valence-corrected chi connectivity index (χ3v) is 1.34. The molecule has 0 heterocycles. The van der Waals surface area contributed by atoms with Crippen molar-refractivity contribution < 1.29 is 19.8 Å². The number of allylic oxidation sites excluding steroid dienone is 1. The molecule has 0 saturated carbocycles. The number of alkyl halides is 1. The molecule has 0 saturated heterocycles. The zero-order valence-electron chi connectivity index (χ0n) is 6.96. The van der Waals surface area contributed by atoms with Gasteiger partial charge in [0.1, 0.15) is 5.88 Å². The van der Waals surface area contributed by atoms with Gasteiger partial charge in [0.05, 0.1) is 0 Å². The molecule has 0 unspecified atom stereocenters. The van der Waals surface area contributed by atoms with Crippen LogP contribution < -0.4 is 0 Å². The molecule has 0 aromatic heterocycles. The molecule has 0 rings (SSSR count). The van der Waals surface area contributed by atoms with Crippen LogP contribution in [0.25, 0.3) is 0 Å². The van der Waals surface area contributed by atoms with E-state index in [1.807, 2.05) is 0 Å². The molecule has 0 radical (unpaired) electrons. The van der Waals surface area contributed by atoms with Crippen molar-refractivity contribution in [2.45, 2.75) is 13.3 Å². The zero-order chi connectivity index (χ0) is 10.9. The van der Waals surface area contributed by atoms with Crippen molar-refractivity contribution in [1.82, 2.24) is 0 Å². The Kier molecular flexibility index (Phi) is 10.6. The number of hydrogen-bond donors (Lipinski definition) is 2. The summed E-state index contributed by atoms with van der Waals surface area (Å²) in [5.74, 6) is -2.27. The highest BCUT2D eigenvalue weighted by molar-refractivity contribution is 6.30. The second kappa shape index (κ2) is 9.35. The van der Waals surface area contributed by atoms with E-state index in [4.69, 9.17) is 33.4 Å². The summed E-state index contributed by atoms with van der Waals surface area (Å²) in [4.78, 5) is 19.0. The maximum absolute atomic E-state index is 9.81. The molecule has 0 aliphatic carbocycles. The van der Waals surface area contributed by atoms with Crippen molar-refractivity contribution in [1.29, 1.82) is 0 Å². The van der Waals surface area contributed by atoms with E-state index >= 15 is 0 Å². The molecule has 0 spiro atoms. The zero-order valence-corrected chi connectivity index (χ0v) is 8.47. The summed E-state index contributed by atoms with van der Waals surface area (Å²) in [6, 6.07) is 0. The van der Waals surface area contributed by atoms with E-state index in [0.29, 0.717) is 11.5 Å². The molecule has 6 heteroatoms. The fourth-order valence-electron chi connectivity index (χ4n) is 0.236. The van der Waals surface area contributed by atoms with Crippen LogP contribution in [-0.2, 0) is 9.59 Å². The van der Waals surface area contributed by atoms with Crippen LogP contribution in [0.4, 0.5) is 0 Å². The number of halogens is 2. The molecule has 4 nitrogen and oxygen atoms in total. The Bertz CT molecular complexity index is 201. The van der Waals surface area contributed by atoms with Crippen LogP contribution in [0.15, 0.2) is 11.1 Å². The highest BCUT2D eigenvalue weighted by Crippen LogP contribution is 2.03. The van der Waals surface area contributed by atoms with Crippen LogP contribution in [0.3, 0.4) is 0 Å². The molecule has 0 fully saturated rings. The summed E-state index contributed by atoms with van der Waals surface area (Å²) in [5.41, 5.74) is 0. The molecule has 76 valence electrons. The fourth-order valence-corrected chi connectivity index (χ4v) is 0.329. The minimum absolute atomic E-state index is 0.306. The first-order valence-corrected chi connectivity index (χ1v) is 4.22. The van der Waals surface area contributed by atoms with Gasteiger partial charge >= 0.3 is 11.9 Å². The third-order valence-electron chi connectivity index (χ3n) is 0.732. The van der Waals surface area contributed by atoms with Gasteiger partial charge in [-0.1, -0.05) is 18.5 Å². The second-order valence-corrected chi connectivity index (χ2v) is 2.56. The van der Waals surface area contributed by atoms with Gasteiger partial charge in [-0.3, -0.25) is 4.79 Å². The van der Waals surface area contributed by atoms with Crippen LogP contribution in [0.5, 0.6) is 0 Å². The number of carboxylic acid groups (broad SMARTS) is 2. The van der Waals surface area contributed by atoms with Crippen molar-refractivity contribution in [3.63, 3.8) is 0 Å². The number of rotatable bonds is 3. The van der Waals surface area contributed by atoms with Gasteiger partial charge in [-0.2, -0.15) is 0 Å². The second-order valence-electron chi connectivity index (χ2n) is 1.81. The Morgan fingerprint density at radius 2 is 1.77 bits per heavy atom. The summed E-state index contributed by atoms with van der Waals surface area (Å²) < 4.78 is 0. The van der Waals surface area contributed by atoms with E-state index in [0.717, 1.165) is 6.08 Å². The summed E-state index contributed by atoms with van der Waals surface area (Å²) in [6.45, 7) is 1.79. The van der Waals surface area contributed by atoms with E-state index in [1.54, 1.807) is 6.92 Å². The molecule has 0 bridgehead atoms. The highest BCUT2D eigenvalue weighted by atomic mass is 35.5. The average molecular weight is 229 g/mol. The Labute approximate surface area is 85.8 Å². The standard InChI is InChI=1S/C5H7ClO2.C2H3ClO2/c1-2-4(6)3-5(7)8;3-1-2(4)5/h3H,2H2,1H3,(H,7,8);1H2,(H,4,5). The number of carboxylic acids is 2. The molecular formula is C7H10Cl2O4. The lowest BCUT2D eigenvalue weighted by Gasteiger charge is -1.84. The molecule has 0 aromatic rings. The van der Waals surface area contributed by atoms with E-state index in [-0.39, 0.29) is 5.88 Å². The molecule has 13 heavy (non-hydrogen) atoms. The predicted molar refractivity (Wildman–Crippen MR) is 50.2 cm³/mol. The molecule has 0 aliphatic rings. The van der Waals surface area contributed by atoms with Gasteiger partial charge < -0.3 is 10.2 Å². The maximum Gasteiger partial charge on any atom is 0.329 e. The highest BCUT2D eigenvalue weighted by Gasteiger charge is 1.90. The number of carbonyl (C=O) groups is 2. The van der Waals surface area contributed by atoms with Gasteiger partial charge in [-0.05, 0) is 6.42 Å². The smallest absolute Gasteiger partial charge is 0.329 e. The lowest BCUT2D eigenvalue weighted by atomic mass is 10.4. The first-order valence-electron chi connectivity index (χ1n) is 3.30. The average Bonchev–Trinajstić information content (AvgIpc) is 2.04. The van der Waals surface area contributed by atoms with Crippen molar-refractivity contribution in [3.8, 4) is 0 Å². The Morgan fingerprint density at radius 3 is 1.85 bits per heavy atom. The van der Waals surface area contributed by atoms with Crippen LogP contribution >= 0.6 is 23.2 Å². The van der Waals surface area contributed by atoms with Crippen molar-refractivity contribution >= 4 is 35.1 Å². The van der Waals surface area contributed by atoms with E-state index in [9.17, 15) is 9.59 Å². The number of hydrogen-bond acceptors (Lipinski definition) is 2. The topological polar surface area (TPSA) is 74.6 Å². The van der Waals surface area contributed by atoms with Gasteiger partial charge in [0.25, 0.3) is 0 Å². The lowest BCUT2D eigenvalue weighted by molar-refractivity contribution is -0.134. The fraction of sp³-hybridized carbons (Fsp3) is 0.429. The Morgan fingerprint density at radius 1 is 1.38 bits per heavy atom. The minimum Gasteiger partial charge on any atom is -0.480 e. The summed E-state index contributed by atoms with van der Waals surface area (Å²) in [6.07, 6.45) is 1.56. The van der Waals surface area contributed by atoms with Crippen molar-refractivity contribution in [2.24, 2.45) is 0 Å². The van der Waals surface area contributed by atoms with Crippen molar-refractivity contribution in [2.75, 3.05) is 5.88 Å². The normalized spacial score (nSPS) is 9.92. The van der Waals surface area contributed by atoms with E-state index in [1.165, 1.54) is 0 Å². The summed E-state index contributed by atoms with van der Waals surface area (Å²) >= 11 is 10.1. The molecule has 2 N–H and O–H groups in total. The van der Waals surface area contributed by atoms with E-state index in [2.05, 4.69) is 0 Å². The van der Waals surface area contributed by atoms with Gasteiger partial charge in [0.15, 0.2) is 0 Å². The van der Waals surface area contributed by atoms with E-state index < -0.39 is 11.9 Å². The first-order chi connectivity index (χ1) is 5.93. The number of aliphatic carboxylic acids is 2. The SMILES string of the molecule is CCC(Cl)=CC(=O)O.O=C(O)CCl. The maximum atomic E-state index is 9.81. The summed E-state index contributed by atoms with van der Waals surface area (Å²) in [7, 11) is 0. The molecule has 0 amide bonds. The van der Waals surface area contributed by atoms with Crippen LogP contribution in [0, 0.1) is 0 Å². The quantitative estimate of drug-likeness (QED) is 0.572. The van der Waals surface area contributed by atoms with Gasteiger partial charge in [-0.25, -0.2) is 4.79 Å². The molecule has 0 aromatic carbocycles. The van der Waals surface area contributed by atoms with Gasteiger partial charge in [-0.15, -0.1) is 11.6 Å². The van der Waals surface area contributed by atoms with Crippen LogP contribution in [-0.4, -0.2) is 28.0 Å². The summed E-state index contributed by atoms with van der Waals surface area (Å²) in [5, 5.41) is 16.0. The molecule has 0 atom stereocenters. The molecule has 0 aliphatic heterocycles. The van der Waals surface area contributed by atoms with Gasteiger partial charge in [0.2, 0.25) is 0 Å². The Balaban J connectivity index is 0. The van der Waals surface area contributed by atoms with Gasteiger partial charge in [0, 0.05) is 11.1 Å². The minimum atomic E-state index is -0.989.